The van der Waals surface area contributed by atoms with Gasteiger partial charge in [0.2, 0.25) is 0 Å². The molecule has 1 aromatic rings. The van der Waals surface area contributed by atoms with E-state index in [1.165, 1.54) is 30.5 Å². The molecule has 0 amide bonds. The lowest BCUT2D eigenvalue weighted by Gasteiger charge is -2.33. The smallest absolute Gasteiger partial charge is 0.0866 e. The van der Waals surface area contributed by atoms with Gasteiger partial charge in [-0.3, -0.25) is 4.90 Å². The molecule has 0 saturated carbocycles. The highest BCUT2D eigenvalue weighted by molar-refractivity contribution is 5.25. The van der Waals surface area contributed by atoms with E-state index in [2.05, 4.69) is 47.1 Å². The lowest BCUT2D eigenvalue weighted by Crippen LogP contribution is -2.46. The van der Waals surface area contributed by atoms with Gasteiger partial charge in [0.1, 0.15) is 0 Å². The zero-order valence-corrected chi connectivity index (χ0v) is 11.8. The molecule has 3 nitrogen and oxygen atoms in total. The fourth-order valence-electron chi connectivity index (χ4n) is 2.65. The molecule has 19 heavy (non-hydrogen) atoms. The van der Waals surface area contributed by atoms with Crippen LogP contribution < -0.4 is 0 Å². The van der Waals surface area contributed by atoms with Crippen molar-refractivity contribution in [2.24, 2.45) is 0 Å². The molecule has 3 heteroatoms. The van der Waals surface area contributed by atoms with Crippen molar-refractivity contribution >= 4 is 0 Å². The number of benzene rings is 1. The predicted octanol–water partition coefficient (Wildman–Crippen LogP) is 2.07. The van der Waals surface area contributed by atoms with Gasteiger partial charge in [-0.25, -0.2) is 0 Å². The van der Waals surface area contributed by atoms with Gasteiger partial charge in [-0.15, -0.1) is 0 Å². The second-order valence-corrected chi connectivity index (χ2v) is 5.31. The van der Waals surface area contributed by atoms with Crippen LogP contribution in [0.15, 0.2) is 24.3 Å². The third kappa shape index (κ3) is 4.34. The zero-order chi connectivity index (χ0) is 13.5. The van der Waals surface area contributed by atoms with Crippen LogP contribution in [0.25, 0.3) is 0 Å². The molecule has 0 aliphatic carbocycles. The normalized spacial score (nSPS) is 17.3. The molecule has 0 spiro atoms. The van der Waals surface area contributed by atoms with Crippen LogP contribution in [0.4, 0.5) is 0 Å². The van der Waals surface area contributed by atoms with Gasteiger partial charge < -0.3 is 4.90 Å². The van der Waals surface area contributed by atoms with E-state index in [-0.39, 0.29) is 0 Å². The summed E-state index contributed by atoms with van der Waals surface area (Å²) < 4.78 is 0. The van der Waals surface area contributed by atoms with E-state index >= 15 is 0 Å². The predicted molar refractivity (Wildman–Crippen MR) is 78.0 cm³/mol. The molecule has 1 heterocycles. The Bertz CT molecular complexity index is 428. The first-order chi connectivity index (χ1) is 9.29. The van der Waals surface area contributed by atoms with Crippen LogP contribution in [0.1, 0.15) is 17.5 Å². The maximum atomic E-state index is 8.67. The number of aryl methyl sites for hydroxylation is 2. The van der Waals surface area contributed by atoms with Crippen LogP contribution in [0.5, 0.6) is 0 Å². The summed E-state index contributed by atoms with van der Waals surface area (Å²) in [5, 5.41) is 8.67. The standard InChI is InChI=1S/C16H23N3/c1-15-5-2-3-6-16(15)7-4-9-18-11-13-19(10-8-17)14-12-18/h2-3,5-6H,4,7,9-14H2,1H3. The summed E-state index contributed by atoms with van der Waals surface area (Å²) >= 11 is 0. The summed E-state index contributed by atoms with van der Waals surface area (Å²) in [6, 6.07) is 10.9. The number of rotatable bonds is 5. The van der Waals surface area contributed by atoms with Gasteiger partial charge in [0.15, 0.2) is 0 Å². The summed E-state index contributed by atoms with van der Waals surface area (Å²) in [5.41, 5.74) is 2.88. The average Bonchev–Trinajstić information content (AvgIpc) is 2.43. The molecule has 1 aliphatic heterocycles. The first kappa shape index (κ1) is 14.0. The summed E-state index contributed by atoms with van der Waals surface area (Å²) in [6.45, 7) is 8.24. The van der Waals surface area contributed by atoms with Crippen LogP contribution in [0, 0.1) is 18.3 Å². The van der Waals surface area contributed by atoms with Crippen molar-refractivity contribution in [1.82, 2.24) is 9.80 Å². The maximum Gasteiger partial charge on any atom is 0.0866 e. The second-order valence-electron chi connectivity index (χ2n) is 5.31. The van der Waals surface area contributed by atoms with E-state index in [0.29, 0.717) is 6.54 Å². The van der Waals surface area contributed by atoms with Crippen molar-refractivity contribution in [1.29, 1.82) is 5.26 Å². The molecule has 1 saturated heterocycles. The summed E-state index contributed by atoms with van der Waals surface area (Å²) in [5.74, 6) is 0. The van der Waals surface area contributed by atoms with Gasteiger partial charge in [0.25, 0.3) is 0 Å². The molecule has 102 valence electrons. The fourth-order valence-corrected chi connectivity index (χ4v) is 2.65. The van der Waals surface area contributed by atoms with Crippen LogP contribution >= 0.6 is 0 Å². The maximum absolute atomic E-state index is 8.67. The SMILES string of the molecule is Cc1ccccc1CCCN1CCN(CC#N)CC1. The minimum absolute atomic E-state index is 0.580. The average molecular weight is 257 g/mol. The Morgan fingerprint density at radius 3 is 2.47 bits per heavy atom. The highest BCUT2D eigenvalue weighted by Crippen LogP contribution is 2.10. The Hall–Kier alpha value is -1.37. The molecule has 2 rings (SSSR count). The van der Waals surface area contributed by atoms with Crippen molar-refractivity contribution < 1.29 is 0 Å². The lowest BCUT2D eigenvalue weighted by molar-refractivity contribution is 0.142. The Labute approximate surface area is 116 Å². The van der Waals surface area contributed by atoms with Crippen molar-refractivity contribution in [2.45, 2.75) is 19.8 Å². The van der Waals surface area contributed by atoms with E-state index in [9.17, 15) is 0 Å². The quantitative estimate of drug-likeness (QED) is 0.757. The van der Waals surface area contributed by atoms with E-state index in [1.54, 1.807) is 0 Å². The number of hydrogen-bond donors (Lipinski definition) is 0. The molecule has 1 aliphatic rings. The van der Waals surface area contributed by atoms with Crippen LogP contribution in [0.2, 0.25) is 0 Å². The van der Waals surface area contributed by atoms with Gasteiger partial charge in [0.05, 0.1) is 12.6 Å². The zero-order valence-electron chi connectivity index (χ0n) is 11.8. The van der Waals surface area contributed by atoms with Crippen molar-refractivity contribution in [3.05, 3.63) is 35.4 Å². The number of nitriles is 1. The molecule has 0 N–H and O–H groups in total. The first-order valence-electron chi connectivity index (χ1n) is 7.16. The number of hydrogen-bond acceptors (Lipinski definition) is 3. The fraction of sp³-hybridized carbons (Fsp3) is 0.562. The van der Waals surface area contributed by atoms with Crippen molar-refractivity contribution in [3.8, 4) is 6.07 Å². The van der Waals surface area contributed by atoms with Gasteiger partial charge in [-0.1, -0.05) is 24.3 Å². The Morgan fingerprint density at radius 2 is 1.79 bits per heavy atom. The van der Waals surface area contributed by atoms with Crippen LogP contribution in [-0.4, -0.2) is 49.1 Å². The van der Waals surface area contributed by atoms with Crippen molar-refractivity contribution in [3.63, 3.8) is 0 Å². The summed E-state index contributed by atoms with van der Waals surface area (Å²) in [4.78, 5) is 4.75. The molecule has 0 bridgehead atoms. The molecule has 0 aromatic heterocycles. The van der Waals surface area contributed by atoms with Gasteiger partial charge in [0, 0.05) is 26.2 Å². The van der Waals surface area contributed by atoms with Crippen LogP contribution in [0.3, 0.4) is 0 Å². The van der Waals surface area contributed by atoms with Gasteiger partial charge in [-0.2, -0.15) is 5.26 Å². The Kier molecular flexibility index (Phi) is 5.38. The highest BCUT2D eigenvalue weighted by atomic mass is 15.3. The Balaban J connectivity index is 1.67. The number of piperazine rings is 1. The molecule has 0 radical (unpaired) electrons. The summed E-state index contributed by atoms with van der Waals surface area (Å²) in [6.07, 6.45) is 2.40. The molecule has 1 fully saturated rings. The molecule has 0 unspecified atom stereocenters. The van der Waals surface area contributed by atoms with Crippen LogP contribution in [-0.2, 0) is 6.42 Å². The largest absolute Gasteiger partial charge is 0.301 e. The van der Waals surface area contributed by atoms with E-state index in [0.717, 1.165) is 26.2 Å². The van der Waals surface area contributed by atoms with E-state index in [4.69, 9.17) is 5.26 Å². The number of nitrogens with zero attached hydrogens (tertiary/aromatic N) is 3. The van der Waals surface area contributed by atoms with E-state index < -0.39 is 0 Å². The van der Waals surface area contributed by atoms with E-state index in [1.807, 2.05) is 0 Å². The van der Waals surface area contributed by atoms with Gasteiger partial charge >= 0.3 is 0 Å². The topological polar surface area (TPSA) is 30.3 Å². The molecule has 0 atom stereocenters. The minimum atomic E-state index is 0.580. The molecular formula is C16H23N3. The third-order valence-corrected chi connectivity index (χ3v) is 3.94. The second kappa shape index (κ2) is 7.28. The molecule has 1 aromatic carbocycles. The highest BCUT2D eigenvalue weighted by Gasteiger charge is 2.15. The van der Waals surface area contributed by atoms with Gasteiger partial charge in [-0.05, 0) is 37.4 Å². The third-order valence-electron chi connectivity index (χ3n) is 3.94. The first-order valence-corrected chi connectivity index (χ1v) is 7.16. The Morgan fingerprint density at radius 1 is 1.11 bits per heavy atom. The summed E-state index contributed by atoms with van der Waals surface area (Å²) in [7, 11) is 0. The lowest BCUT2D eigenvalue weighted by atomic mass is 10.0. The minimum Gasteiger partial charge on any atom is -0.301 e. The monoisotopic (exact) mass is 257 g/mol. The molecular weight excluding hydrogens is 234 g/mol. The van der Waals surface area contributed by atoms with Crippen molar-refractivity contribution in [2.75, 3.05) is 39.3 Å².